The van der Waals surface area contributed by atoms with Crippen molar-refractivity contribution < 1.29 is 32.3 Å². The van der Waals surface area contributed by atoms with Gasteiger partial charge in [-0.2, -0.15) is 0 Å². The summed E-state index contributed by atoms with van der Waals surface area (Å²) in [5.74, 6) is -2.18. The van der Waals surface area contributed by atoms with Gasteiger partial charge in [0, 0.05) is 25.0 Å². The van der Waals surface area contributed by atoms with Crippen molar-refractivity contribution in [3.05, 3.63) is 47.7 Å². The number of hydrogen-bond donors (Lipinski definition) is 3. The van der Waals surface area contributed by atoms with E-state index >= 15 is 0 Å². The highest BCUT2D eigenvalue weighted by atomic mass is 32.2. The lowest BCUT2D eigenvalue weighted by Crippen LogP contribution is -2.61. The van der Waals surface area contributed by atoms with Crippen molar-refractivity contribution in [1.29, 1.82) is 0 Å². The Morgan fingerprint density at radius 1 is 1.00 bits per heavy atom. The molecule has 47 heavy (non-hydrogen) atoms. The third-order valence-electron chi connectivity index (χ3n) is 9.28. The van der Waals surface area contributed by atoms with Gasteiger partial charge in [0.1, 0.15) is 24.2 Å². The quantitative estimate of drug-likeness (QED) is 0.406. The number of cyclic esters (lactones) is 1. The molecular formula is C33H44N6O7S. The lowest BCUT2D eigenvalue weighted by molar-refractivity contribution is -0.157. The average Bonchev–Trinajstić information content (AvgIpc) is 3.04. The molecule has 1 aromatic carbocycles. The minimum Gasteiger partial charge on any atom is -0.455 e. The van der Waals surface area contributed by atoms with E-state index in [0.29, 0.717) is 30.6 Å². The summed E-state index contributed by atoms with van der Waals surface area (Å²) in [6.07, 6.45) is 5.56. The highest BCUT2D eigenvalue weighted by molar-refractivity contribution is 7.88. The Labute approximate surface area is 275 Å². The number of fused-ring (bicyclic) bond motifs is 4. The van der Waals surface area contributed by atoms with Crippen molar-refractivity contribution in [2.75, 3.05) is 25.9 Å². The van der Waals surface area contributed by atoms with Gasteiger partial charge in [0.15, 0.2) is 0 Å². The second-order valence-electron chi connectivity index (χ2n) is 13.2. The standard InChI is InChI=1S/C33H44N6O7S/c1-20(2)28-29(40)34-21(3)30(41)39-16-6-7-26(37-39)31(42)46-22(4)25-11-10-24-9-8-23(19-27(24)35-25)12-13-33(32(43)36-28)14-17-38(18-15-33)47(5,44)45/h8-13,19-22,26,28,37H,6-7,14-18H2,1-5H3,(H,34,40)(H,36,43)/t21-,22+,26-,28-/m0/s1. The summed E-state index contributed by atoms with van der Waals surface area (Å²) in [6, 6.07) is 6.72. The van der Waals surface area contributed by atoms with E-state index in [1.165, 1.54) is 9.31 Å². The third-order valence-corrected chi connectivity index (χ3v) is 10.6. The summed E-state index contributed by atoms with van der Waals surface area (Å²) in [6.45, 7) is 7.52. The maximum absolute atomic E-state index is 14.1. The first kappa shape index (κ1) is 34.5. The minimum absolute atomic E-state index is 0.143. The maximum atomic E-state index is 14.1. The van der Waals surface area contributed by atoms with E-state index in [4.69, 9.17) is 9.72 Å². The molecule has 0 unspecified atom stereocenters. The van der Waals surface area contributed by atoms with Crippen LogP contribution in [-0.2, 0) is 33.9 Å². The molecule has 5 rings (SSSR count). The highest BCUT2D eigenvalue weighted by Gasteiger charge is 2.43. The molecule has 3 aliphatic rings. The Balaban J connectivity index is 1.54. The van der Waals surface area contributed by atoms with Crippen LogP contribution < -0.4 is 16.1 Å². The molecule has 14 heteroatoms. The predicted molar refractivity (Wildman–Crippen MR) is 176 cm³/mol. The van der Waals surface area contributed by atoms with Gasteiger partial charge in [-0.3, -0.25) is 24.2 Å². The molecule has 4 atom stereocenters. The van der Waals surface area contributed by atoms with Crippen LogP contribution >= 0.6 is 0 Å². The first-order valence-corrected chi connectivity index (χ1v) is 18.0. The molecular weight excluding hydrogens is 624 g/mol. The second kappa shape index (κ2) is 13.7. The Kier molecular flexibility index (Phi) is 10.0. The molecule has 5 bridgehead atoms. The molecule has 4 heterocycles. The first-order chi connectivity index (χ1) is 22.2. The first-order valence-electron chi connectivity index (χ1n) is 16.1. The van der Waals surface area contributed by atoms with Gasteiger partial charge in [-0.1, -0.05) is 44.2 Å². The zero-order valence-corrected chi connectivity index (χ0v) is 28.3. The highest BCUT2D eigenvalue weighted by Crippen LogP contribution is 2.36. The van der Waals surface area contributed by atoms with E-state index in [1.807, 2.05) is 30.3 Å². The van der Waals surface area contributed by atoms with Gasteiger partial charge < -0.3 is 15.4 Å². The molecule has 13 nitrogen and oxygen atoms in total. The van der Waals surface area contributed by atoms with E-state index in [1.54, 1.807) is 39.8 Å². The summed E-state index contributed by atoms with van der Waals surface area (Å²) in [7, 11) is -3.46. The summed E-state index contributed by atoms with van der Waals surface area (Å²) < 4.78 is 31.7. The molecule has 1 spiro atoms. The van der Waals surface area contributed by atoms with Crippen LogP contribution in [0.2, 0.25) is 0 Å². The van der Waals surface area contributed by atoms with Gasteiger partial charge in [-0.05, 0) is 63.1 Å². The molecule has 0 aliphatic carbocycles. The lowest BCUT2D eigenvalue weighted by Gasteiger charge is -2.39. The predicted octanol–water partition coefficient (Wildman–Crippen LogP) is 2.05. The molecule has 3 aliphatic heterocycles. The van der Waals surface area contributed by atoms with Crippen LogP contribution in [0, 0.1) is 11.3 Å². The Hall–Kier alpha value is -3.88. The number of ether oxygens (including phenoxy) is 1. The smallest absolute Gasteiger partial charge is 0.325 e. The van der Waals surface area contributed by atoms with Crippen LogP contribution in [0.4, 0.5) is 0 Å². The van der Waals surface area contributed by atoms with Crippen LogP contribution in [-0.4, -0.2) is 90.4 Å². The maximum Gasteiger partial charge on any atom is 0.325 e. The lowest BCUT2D eigenvalue weighted by atomic mass is 9.77. The van der Waals surface area contributed by atoms with Crippen LogP contribution in [0.15, 0.2) is 36.4 Å². The van der Waals surface area contributed by atoms with E-state index in [9.17, 15) is 27.6 Å². The van der Waals surface area contributed by atoms with Gasteiger partial charge in [-0.15, -0.1) is 0 Å². The number of carbonyl (C=O) groups excluding carboxylic acids is 4. The zero-order chi connectivity index (χ0) is 34.1. The van der Waals surface area contributed by atoms with Crippen molar-refractivity contribution >= 4 is 50.7 Å². The van der Waals surface area contributed by atoms with Gasteiger partial charge in [0.25, 0.3) is 5.91 Å². The molecule has 0 radical (unpaired) electrons. The number of aromatic nitrogens is 1. The van der Waals surface area contributed by atoms with Crippen molar-refractivity contribution in [3.63, 3.8) is 0 Å². The Morgan fingerprint density at radius 3 is 2.38 bits per heavy atom. The van der Waals surface area contributed by atoms with Crippen molar-refractivity contribution in [3.8, 4) is 0 Å². The largest absolute Gasteiger partial charge is 0.455 e. The second-order valence-corrected chi connectivity index (χ2v) is 15.1. The van der Waals surface area contributed by atoms with Crippen LogP contribution in [0.25, 0.3) is 17.0 Å². The number of hydrazine groups is 1. The third kappa shape index (κ3) is 7.65. The van der Waals surface area contributed by atoms with Crippen LogP contribution in [0.3, 0.4) is 0 Å². The summed E-state index contributed by atoms with van der Waals surface area (Å²) in [4.78, 5) is 59.0. The van der Waals surface area contributed by atoms with E-state index in [-0.39, 0.29) is 31.8 Å². The van der Waals surface area contributed by atoms with E-state index in [2.05, 4.69) is 16.1 Å². The minimum atomic E-state index is -3.46. The van der Waals surface area contributed by atoms with E-state index in [0.717, 1.165) is 17.2 Å². The van der Waals surface area contributed by atoms with Crippen LogP contribution in [0.1, 0.15) is 70.7 Å². The van der Waals surface area contributed by atoms with Gasteiger partial charge in [-0.25, -0.2) is 23.1 Å². The number of sulfonamides is 1. The molecule has 2 aromatic rings. The van der Waals surface area contributed by atoms with Gasteiger partial charge >= 0.3 is 5.97 Å². The molecule has 254 valence electrons. The summed E-state index contributed by atoms with van der Waals surface area (Å²) in [5, 5.41) is 7.88. The number of piperidine rings is 1. The SMILES string of the molecule is CC(C)[C@@H]1NC(=O)C2(C=Cc3ccc4ccc(nc4c3)[C@@H](C)OC(=O)[C@@H]3CCCN(N3)C(=O)[C@H](C)NC1=O)CCN(S(C)(=O)=O)CC2. The summed E-state index contributed by atoms with van der Waals surface area (Å²) >= 11 is 0. The molecule has 0 saturated carbocycles. The number of amides is 3. The normalized spacial score (nSPS) is 26.7. The molecule has 2 saturated heterocycles. The number of carbonyl (C=O) groups is 4. The Morgan fingerprint density at radius 2 is 1.70 bits per heavy atom. The number of esters is 1. The van der Waals surface area contributed by atoms with Gasteiger partial charge in [0.2, 0.25) is 21.8 Å². The Bertz CT molecular complexity index is 1690. The number of nitrogens with one attached hydrogen (secondary N) is 3. The van der Waals surface area contributed by atoms with Crippen molar-refractivity contribution in [1.82, 2.24) is 30.4 Å². The molecule has 3 N–H and O–H groups in total. The summed E-state index contributed by atoms with van der Waals surface area (Å²) in [5.41, 5.74) is 3.86. The number of rotatable bonds is 2. The van der Waals surface area contributed by atoms with Crippen molar-refractivity contribution in [2.24, 2.45) is 11.3 Å². The zero-order valence-electron chi connectivity index (χ0n) is 27.5. The number of benzene rings is 1. The fourth-order valence-electron chi connectivity index (χ4n) is 6.27. The van der Waals surface area contributed by atoms with Crippen molar-refractivity contribution in [2.45, 2.75) is 77.6 Å². The number of nitrogens with zero attached hydrogens (tertiary/aromatic N) is 3. The number of pyridine rings is 1. The molecule has 1 aromatic heterocycles. The number of hydrogen-bond acceptors (Lipinski definition) is 9. The fraction of sp³-hybridized carbons (Fsp3) is 0.545. The van der Waals surface area contributed by atoms with Gasteiger partial charge in [0.05, 0.1) is 22.9 Å². The van der Waals surface area contributed by atoms with Crippen LogP contribution in [0.5, 0.6) is 0 Å². The van der Waals surface area contributed by atoms with E-state index < -0.39 is 63.4 Å². The average molecular weight is 669 g/mol. The molecule has 3 amide bonds. The monoisotopic (exact) mass is 668 g/mol. The molecule has 2 fully saturated rings. The fourth-order valence-corrected chi connectivity index (χ4v) is 7.12. The topological polar surface area (TPSA) is 167 Å².